The van der Waals surface area contributed by atoms with Gasteiger partial charge in [0.2, 0.25) is 0 Å². The van der Waals surface area contributed by atoms with Gasteiger partial charge in [0.05, 0.1) is 5.69 Å². The van der Waals surface area contributed by atoms with Gasteiger partial charge in [0.25, 0.3) is 0 Å². The molecule has 1 heterocycles. The summed E-state index contributed by atoms with van der Waals surface area (Å²) < 4.78 is 0. The molecule has 0 bridgehead atoms. The molecule has 2 aromatic rings. The lowest BCUT2D eigenvalue weighted by atomic mass is 9.82. The maximum Gasteiger partial charge on any atom is 0.152 e. The molecular formula is C14H13ClN2. The quantitative estimate of drug-likeness (QED) is 0.768. The number of halogens is 1. The third-order valence-corrected chi connectivity index (χ3v) is 3.58. The first-order valence-electron chi connectivity index (χ1n) is 5.89. The lowest BCUT2D eigenvalue weighted by Gasteiger charge is -2.23. The van der Waals surface area contributed by atoms with Gasteiger partial charge in [-0.15, -0.1) is 5.10 Å². The fourth-order valence-corrected chi connectivity index (χ4v) is 2.67. The molecule has 0 N–H and O–H groups in total. The van der Waals surface area contributed by atoms with Crippen molar-refractivity contribution in [3.8, 4) is 0 Å². The Morgan fingerprint density at radius 3 is 2.76 bits per heavy atom. The van der Waals surface area contributed by atoms with Crippen molar-refractivity contribution < 1.29 is 0 Å². The number of fused-ring (bicyclic) bond motifs is 1. The first kappa shape index (κ1) is 10.7. The molecule has 1 aliphatic carbocycles. The molecule has 86 valence electrons. The highest BCUT2D eigenvalue weighted by atomic mass is 35.5. The molecule has 0 saturated heterocycles. The summed E-state index contributed by atoms with van der Waals surface area (Å²) >= 11 is 5.90. The number of hydrogen-bond donors (Lipinski definition) is 0. The van der Waals surface area contributed by atoms with E-state index >= 15 is 0 Å². The molecule has 2 nitrogen and oxygen atoms in total. The van der Waals surface area contributed by atoms with Crippen LogP contribution in [0.25, 0.3) is 0 Å². The summed E-state index contributed by atoms with van der Waals surface area (Å²) in [4.78, 5) is 0. The van der Waals surface area contributed by atoms with Crippen LogP contribution in [0.3, 0.4) is 0 Å². The largest absolute Gasteiger partial charge is 0.154 e. The molecule has 1 aromatic heterocycles. The zero-order chi connectivity index (χ0) is 11.7. The van der Waals surface area contributed by atoms with Crippen LogP contribution in [0.4, 0.5) is 0 Å². The van der Waals surface area contributed by atoms with Crippen LogP contribution in [0.5, 0.6) is 0 Å². The minimum absolute atomic E-state index is 0.498. The van der Waals surface area contributed by atoms with Gasteiger partial charge in [-0.25, -0.2) is 0 Å². The highest BCUT2D eigenvalue weighted by Gasteiger charge is 2.21. The van der Waals surface area contributed by atoms with Crippen molar-refractivity contribution in [1.29, 1.82) is 0 Å². The number of benzene rings is 1. The van der Waals surface area contributed by atoms with Gasteiger partial charge in [0, 0.05) is 0 Å². The van der Waals surface area contributed by atoms with Crippen LogP contribution in [0.1, 0.15) is 29.2 Å². The molecule has 0 amide bonds. The fourth-order valence-electron chi connectivity index (χ4n) is 2.50. The second kappa shape index (κ2) is 4.46. The standard InChI is InChI=1S/C14H13ClN2/c15-14-9-12-8-11(6-7-13(12)16-17-14)10-4-2-1-3-5-10/h1-5,9,11H,6-8H2. The Morgan fingerprint density at radius 1 is 1.12 bits per heavy atom. The maximum atomic E-state index is 5.90. The summed E-state index contributed by atoms with van der Waals surface area (Å²) in [7, 11) is 0. The Morgan fingerprint density at radius 2 is 1.94 bits per heavy atom. The molecule has 1 aliphatic rings. The summed E-state index contributed by atoms with van der Waals surface area (Å²) in [5.74, 6) is 0.587. The van der Waals surface area contributed by atoms with Crippen molar-refractivity contribution in [2.45, 2.75) is 25.2 Å². The van der Waals surface area contributed by atoms with E-state index in [1.807, 2.05) is 6.07 Å². The molecule has 3 rings (SSSR count). The number of rotatable bonds is 1. The van der Waals surface area contributed by atoms with Crippen LogP contribution in [-0.4, -0.2) is 10.2 Å². The summed E-state index contributed by atoms with van der Waals surface area (Å²) in [6.45, 7) is 0. The number of aromatic nitrogens is 2. The van der Waals surface area contributed by atoms with Crippen molar-refractivity contribution in [2.24, 2.45) is 0 Å². The summed E-state index contributed by atoms with van der Waals surface area (Å²) in [6.07, 6.45) is 3.17. The molecule has 0 aliphatic heterocycles. The lowest BCUT2D eigenvalue weighted by Crippen LogP contribution is -2.14. The van der Waals surface area contributed by atoms with Crippen LogP contribution >= 0.6 is 11.6 Å². The van der Waals surface area contributed by atoms with Crippen molar-refractivity contribution in [3.63, 3.8) is 0 Å². The molecule has 17 heavy (non-hydrogen) atoms. The van der Waals surface area contributed by atoms with Crippen LogP contribution in [-0.2, 0) is 12.8 Å². The van der Waals surface area contributed by atoms with Gasteiger partial charge < -0.3 is 0 Å². The molecule has 3 heteroatoms. The molecular weight excluding hydrogens is 232 g/mol. The highest BCUT2D eigenvalue weighted by molar-refractivity contribution is 6.29. The number of hydrogen-bond acceptors (Lipinski definition) is 2. The van der Waals surface area contributed by atoms with Gasteiger partial charge in [0.15, 0.2) is 5.15 Å². The Kier molecular flexibility index (Phi) is 2.81. The third kappa shape index (κ3) is 2.18. The van der Waals surface area contributed by atoms with E-state index in [4.69, 9.17) is 11.6 Å². The molecule has 0 saturated carbocycles. The summed E-state index contributed by atoms with van der Waals surface area (Å²) in [6, 6.07) is 12.6. The minimum Gasteiger partial charge on any atom is -0.154 e. The van der Waals surface area contributed by atoms with E-state index in [-0.39, 0.29) is 0 Å². The van der Waals surface area contributed by atoms with E-state index in [0.717, 1.165) is 25.0 Å². The van der Waals surface area contributed by atoms with Crippen molar-refractivity contribution >= 4 is 11.6 Å². The normalized spacial score (nSPS) is 18.8. The summed E-state index contributed by atoms with van der Waals surface area (Å²) in [5, 5.41) is 8.57. The lowest BCUT2D eigenvalue weighted by molar-refractivity contribution is 0.567. The van der Waals surface area contributed by atoms with Crippen LogP contribution in [0.15, 0.2) is 36.4 Å². The Balaban J connectivity index is 1.90. The maximum absolute atomic E-state index is 5.90. The van der Waals surface area contributed by atoms with Gasteiger partial charge >= 0.3 is 0 Å². The van der Waals surface area contributed by atoms with Gasteiger partial charge in [0.1, 0.15) is 0 Å². The predicted octanol–water partition coefficient (Wildman–Crippen LogP) is 3.40. The fraction of sp³-hybridized carbons (Fsp3) is 0.286. The van der Waals surface area contributed by atoms with E-state index in [1.54, 1.807) is 0 Å². The topological polar surface area (TPSA) is 25.8 Å². The van der Waals surface area contributed by atoms with E-state index in [9.17, 15) is 0 Å². The number of nitrogens with zero attached hydrogens (tertiary/aromatic N) is 2. The van der Waals surface area contributed by atoms with Crippen LogP contribution in [0.2, 0.25) is 5.15 Å². The first-order valence-corrected chi connectivity index (χ1v) is 6.26. The van der Waals surface area contributed by atoms with Crippen molar-refractivity contribution in [1.82, 2.24) is 10.2 Å². The smallest absolute Gasteiger partial charge is 0.152 e. The van der Waals surface area contributed by atoms with Gasteiger partial charge in [-0.3, -0.25) is 0 Å². The minimum atomic E-state index is 0.498. The van der Waals surface area contributed by atoms with Gasteiger partial charge in [-0.2, -0.15) is 5.10 Å². The molecule has 1 unspecified atom stereocenters. The monoisotopic (exact) mass is 244 g/mol. The van der Waals surface area contributed by atoms with Crippen molar-refractivity contribution in [2.75, 3.05) is 0 Å². The average molecular weight is 245 g/mol. The molecule has 0 spiro atoms. The number of aryl methyl sites for hydroxylation is 1. The van der Waals surface area contributed by atoms with Crippen LogP contribution < -0.4 is 0 Å². The molecule has 0 fully saturated rings. The van der Waals surface area contributed by atoms with E-state index in [0.29, 0.717) is 11.1 Å². The van der Waals surface area contributed by atoms with E-state index in [2.05, 4.69) is 40.5 Å². The highest BCUT2D eigenvalue weighted by Crippen LogP contribution is 2.32. The predicted molar refractivity (Wildman–Crippen MR) is 68.3 cm³/mol. The Labute approximate surface area is 106 Å². The molecule has 1 aromatic carbocycles. The Hall–Kier alpha value is -1.41. The van der Waals surface area contributed by atoms with Crippen molar-refractivity contribution in [3.05, 3.63) is 58.4 Å². The van der Waals surface area contributed by atoms with Gasteiger partial charge in [-0.1, -0.05) is 41.9 Å². The molecule has 1 atom stereocenters. The first-order chi connectivity index (χ1) is 8.33. The summed E-state index contributed by atoms with van der Waals surface area (Å²) in [5.41, 5.74) is 3.78. The zero-order valence-electron chi connectivity index (χ0n) is 9.44. The molecule has 0 radical (unpaired) electrons. The Bertz CT molecular complexity index is 525. The SMILES string of the molecule is Clc1cc2c(nn1)CCC(c1ccccc1)C2. The van der Waals surface area contributed by atoms with E-state index in [1.165, 1.54) is 11.1 Å². The third-order valence-electron chi connectivity index (χ3n) is 3.40. The van der Waals surface area contributed by atoms with Gasteiger partial charge in [-0.05, 0) is 42.4 Å². The van der Waals surface area contributed by atoms with Crippen LogP contribution in [0, 0.1) is 0 Å². The average Bonchev–Trinajstić information content (AvgIpc) is 2.39. The second-order valence-electron chi connectivity index (χ2n) is 4.49. The van der Waals surface area contributed by atoms with E-state index < -0.39 is 0 Å². The zero-order valence-corrected chi connectivity index (χ0v) is 10.2. The second-order valence-corrected chi connectivity index (χ2v) is 4.88.